The number of rotatable bonds is 0. The zero-order valence-electron chi connectivity index (χ0n) is 11.0. The lowest BCUT2D eigenvalue weighted by atomic mass is 10.2. The summed E-state index contributed by atoms with van der Waals surface area (Å²) >= 11 is 3.44. The summed E-state index contributed by atoms with van der Waals surface area (Å²) in [6.45, 7) is 1.25. The molecule has 0 unspecified atom stereocenters. The molecule has 0 atom stereocenters. The molecule has 1 aliphatic heterocycles. The second-order valence-electron chi connectivity index (χ2n) is 5.00. The summed E-state index contributed by atoms with van der Waals surface area (Å²) in [5, 5.41) is 10.3. The fourth-order valence-corrected chi connectivity index (χ4v) is 3.21. The van der Waals surface area contributed by atoms with Crippen molar-refractivity contribution >= 4 is 49.9 Å². The highest BCUT2D eigenvalue weighted by molar-refractivity contribution is 9.10. The molecule has 0 spiro atoms. The second kappa shape index (κ2) is 4.42. The van der Waals surface area contributed by atoms with Crippen LogP contribution in [0.1, 0.15) is 6.42 Å². The molecule has 1 aliphatic rings. The number of carboxylic acid groups (broad SMARTS) is 1. The molecule has 0 aliphatic carbocycles. The molecule has 3 aromatic rings. The van der Waals surface area contributed by atoms with Crippen molar-refractivity contribution in [2.75, 3.05) is 11.4 Å². The molecule has 6 nitrogen and oxygen atoms in total. The first-order chi connectivity index (χ1) is 10.1. The Morgan fingerprint density at radius 3 is 2.95 bits per heavy atom. The largest absolute Gasteiger partial charge is 0.465 e. The smallest absolute Gasteiger partial charge is 0.414 e. The van der Waals surface area contributed by atoms with Crippen LogP contribution in [0.25, 0.3) is 21.9 Å². The maximum Gasteiger partial charge on any atom is 0.414 e. The zero-order chi connectivity index (χ0) is 14.6. The van der Waals surface area contributed by atoms with E-state index >= 15 is 0 Å². The van der Waals surface area contributed by atoms with Gasteiger partial charge >= 0.3 is 6.09 Å². The van der Waals surface area contributed by atoms with Crippen molar-refractivity contribution < 1.29 is 9.90 Å². The van der Waals surface area contributed by atoms with Gasteiger partial charge in [0, 0.05) is 22.9 Å². The summed E-state index contributed by atoms with van der Waals surface area (Å²) in [6, 6.07) is 5.90. The summed E-state index contributed by atoms with van der Waals surface area (Å²) in [6.07, 6.45) is 1.52. The molecule has 3 heterocycles. The molecule has 2 aromatic heterocycles. The van der Waals surface area contributed by atoms with Crippen molar-refractivity contribution in [1.82, 2.24) is 14.5 Å². The number of benzene rings is 1. The van der Waals surface area contributed by atoms with Gasteiger partial charge in [-0.2, -0.15) is 0 Å². The summed E-state index contributed by atoms with van der Waals surface area (Å²) in [4.78, 5) is 21.5. The van der Waals surface area contributed by atoms with Crippen molar-refractivity contribution in [3.8, 4) is 0 Å². The van der Waals surface area contributed by atoms with Gasteiger partial charge in [0.15, 0.2) is 0 Å². The molecule has 0 saturated heterocycles. The predicted octanol–water partition coefficient (Wildman–Crippen LogP) is 3.24. The lowest BCUT2D eigenvalue weighted by molar-refractivity contribution is 0.200. The van der Waals surface area contributed by atoms with E-state index in [0.29, 0.717) is 12.5 Å². The first kappa shape index (κ1) is 12.6. The summed E-state index contributed by atoms with van der Waals surface area (Å²) in [7, 11) is 0. The third-order valence-corrected chi connectivity index (χ3v) is 4.24. The van der Waals surface area contributed by atoms with Crippen molar-refractivity contribution in [3.63, 3.8) is 0 Å². The lowest BCUT2D eigenvalue weighted by Gasteiger charge is -2.24. The fraction of sp³-hybridized carbons (Fsp3) is 0.214. The number of carbonyl (C=O) groups is 1. The molecule has 0 saturated carbocycles. The van der Waals surface area contributed by atoms with Crippen molar-refractivity contribution in [2.24, 2.45) is 0 Å². The minimum atomic E-state index is -0.966. The van der Waals surface area contributed by atoms with Crippen molar-refractivity contribution in [3.05, 3.63) is 28.9 Å². The van der Waals surface area contributed by atoms with Gasteiger partial charge in [0.1, 0.15) is 5.52 Å². The summed E-state index contributed by atoms with van der Waals surface area (Å²) in [5.41, 5.74) is 2.55. The molecular formula is C14H11BrN4O2. The Balaban J connectivity index is 2.08. The Hall–Kier alpha value is -2.15. The van der Waals surface area contributed by atoms with Crippen LogP contribution in [0.4, 0.5) is 10.7 Å². The summed E-state index contributed by atoms with van der Waals surface area (Å²) < 4.78 is 2.94. The number of halogens is 1. The number of anilines is 1. The number of aryl methyl sites for hydroxylation is 1. The van der Waals surface area contributed by atoms with Crippen LogP contribution >= 0.6 is 15.9 Å². The zero-order valence-corrected chi connectivity index (χ0v) is 12.5. The highest BCUT2D eigenvalue weighted by Crippen LogP contribution is 2.31. The van der Waals surface area contributed by atoms with Gasteiger partial charge in [-0.15, -0.1) is 0 Å². The molecule has 0 fully saturated rings. The van der Waals surface area contributed by atoms with E-state index in [-0.39, 0.29) is 0 Å². The molecule has 21 heavy (non-hydrogen) atoms. The average Bonchev–Trinajstić information content (AvgIpc) is 2.85. The van der Waals surface area contributed by atoms with E-state index in [4.69, 9.17) is 0 Å². The van der Waals surface area contributed by atoms with E-state index in [2.05, 4.69) is 25.9 Å². The van der Waals surface area contributed by atoms with Crippen LogP contribution in [0.3, 0.4) is 0 Å². The van der Waals surface area contributed by atoms with E-state index in [1.165, 1.54) is 4.90 Å². The molecule has 7 heteroatoms. The molecule has 1 aromatic carbocycles. The van der Waals surface area contributed by atoms with Gasteiger partial charge in [0.25, 0.3) is 0 Å². The molecule has 106 valence electrons. The minimum absolute atomic E-state index is 0.482. The van der Waals surface area contributed by atoms with Gasteiger partial charge in [0.05, 0.1) is 17.2 Å². The molecule has 0 bridgehead atoms. The lowest BCUT2D eigenvalue weighted by Crippen LogP contribution is -2.36. The van der Waals surface area contributed by atoms with E-state index in [9.17, 15) is 9.90 Å². The van der Waals surface area contributed by atoms with Gasteiger partial charge in [-0.3, -0.25) is 4.98 Å². The topological polar surface area (TPSA) is 71.2 Å². The second-order valence-corrected chi connectivity index (χ2v) is 5.92. The Kier molecular flexibility index (Phi) is 2.65. The highest BCUT2D eigenvalue weighted by atomic mass is 79.9. The molecule has 1 amide bonds. The monoisotopic (exact) mass is 346 g/mol. The predicted molar refractivity (Wildman–Crippen MR) is 82.7 cm³/mol. The molecule has 4 rings (SSSR count). The van der Waals surface area contributed by atoms with Gasteiger partial charge in [-0.05, 0) is 24.6 Å². The van der Waals surface area contributed by atoms with Crippen LogP contribution in [0.2, 0.25) is 0 Å². The van der Waals surface area contributed by atoms with Crippen LogP contribution in [0.15, 0.2) is 28.9 Å². The average molecular weight is 347 g/mol. The molecule has 0 radical (unpaired) electrons. The third-order valence-electron chi connectivity index (χ3n) is 3.75. The standard InChI is InChI=1S/C14H11BrN4O2/c15-8-2-3-9-10(6-8)16-7-11-12(9)18-4-1-5-19(14(20)21)13(18)17-11/h2-3,6-7H,1,4-5H2,(H,20,21). The maximum absolute atomic E-state index is 11.4. The van der Waals surface area contributed by atoms with Crippen molar-refractivity contribution in [2.45, 2.75) is 13.0 Å². The summed E-state index contributed by atoms with van der Waals surface area (Å²) in [5.74, 6) is 0.487. The van der Waals surface area contributed by atoms with Crippen LogP contribution in [-0.4, -0.2) is 32.3 Å². The van der Waals surface area contributed by atoms with Gasteiger partial charge in [0.2, 0.25) is 5.95 Å². The maximum atomic E-state index is 11.4. The third kappa shape index (κ3) is 1.80. The van der Waals surface area contributed by atoms with E-state index in [0.717, 1.165) is 39.4 Å². The Labute approximate surface area is 128 Å². The molecular weight excluding hydrogens is 336 g/mol. The first-order valence-electron chi connectivity index (χ1n) is 6.60. The first-order valence-corrected chi connectivity index (χ1v) is 7.39. The number of aromatic nitrogens is 3. The SMILES string of the molecule is O=C(O)N1CCCn2c1nc1cnc3cc(Br)ccc3c12. The highest BCUT2D eigenvalue weighted by Gasteiger charge is 2.26. The number of hydrogen-bond donors (Lipinski definition) is 1. The number of imidazole rings is 1. The Morgan fingerprint density at radius 1 is 1.29 bits per heavy atom. The molecule has 1 N–H and O–H groups in total. The van der Waals surface area contributed by atoms with Gasteiger partial charge in [-0.25, -0.2) is 14.7 Å². The van der Waals surface area contributed by atoms with Crippen LogP contribution in [0.5, 0.6) is 0 Å². The normalized spacial score (nSPS) is 14.6. The van der Waals surface area contributed by atoms with Crippen LogP contribution in [0, 0.1) is 0 Å². The van der Waals surface area contributed by atoms with E-state index in [1.54, 1.807) is 6.20 Å². The van der Waals surface area contributed by atoms with Gasteiger partial charge in [-0.1, -0.05) is 15.9 Å². The van der Waals surface area contributed by atoms with Crippen molar-refractivity contribution in [1.29, 1.82) is 0 Å². The number of hydrogen-bond acceptors (Lipinski definition) is 3. The number of amides is 1. The quantitative estimate of drug-likeness (QED) is 0.678. The fourth-order valence-electron chi connectivity index (χ4n) is 2.86. The minimum Gasteiger partial charge on any atom is -0.465 e. The number of pyridine rings is 1. The Morgan fingerprint density at radius 2 is 2.14 bits per heavy atom. The number of nitrogens with zero attached hydrogens (tertiary/aromatic N) is 4. The Bertz CT molecular complexity index is 889. The van der Waals surface area contributed by atoms with E-state index in [1.807, 2.05) is 22.8 Å². The van der Waals surface area contributed by atoms with Gasteiger partial charge < -0.3 is 9.67 Å². The van der Waals surface area contributed by atoms with E-state index < -0.39 is 6.09 Å². The van der Waals surface area contributed by atoms with Crippen LogP contribution in [-0.2, 0) is 6.54 Å². The number of fused-ring (bicyclic) bond motifs is 5. The van der Waals surface area contributed by atoms with Crippen LogP contribution < -0.4 is 4.90 Å².